The van der Waals surface area contributed by atoms with Crippen molar-refractivity contribution in [3.05, 3.63) is 35.1 Å². The Hall–Kier alpha value is -1.81. The van der Waals surface area contributed by atoms with E-state index in [1.807, 2.05) is 12.1 Å². The van der Waals surface area contributed by atoms with Gasteiger partial charge in [0.25, 0.3) is 5.91 Å². The fraction of sp³-hybridized carbons (Fsp3) is 0.438. The van der Waals surface area contributed by atoms with Gasteiger partial charge in [0.15, 0.2) is 5.76 Å². The highest BCUT2D eigenvalue weighted by Gasteiger charge is 2.53. The lowest BCUT2D eigenvalue weighted by Crippen LogP contribution is -2.32. The molecule has 1 aromatic heterocycles. The number of piperidine rings is 1. The Morgan fingerprint density at radius 1 is 1.20 bits per heavy atom. The lowest BCUT2D eigenvalue weighted by atomic mass is 10.1. The molecule has 2 fully saturated rings. The van der Waals surface area contributed by atoms with Gasteiger partial charge in [-0.25, -0.2) is 0 Å². The Bertz CT molecular complexity index is 655. The number of benzene rings is 1. The van der Waals surface area contributed by atoms with E-state index in [4.69, 9.17) is 4.42 Å². The normalized spacial score (nSPS) is 27.6. The van der Waals surface area contributed by atoms with Crippen LogP contribution in [0.4, 0.5) is 0 Å². The molecule has 0 spiro atoms. The van der Waals surface area contributed by atoms with Gasteiger partial charge in [0.2, 0.25) is 0 Å². The second-order valence-electron chi connectivity index (χ2n) is 6.07. The zero-order valence-electron chi connectivity index (χ0n) is 11.7. The Morgan fingerprint density at radius 3 is 2.65 bits per heavy atom. The fourth-order valence-corrected chi connectivity index (χ4v) is 3.27. The first-order valence-corrected chi connectivity index (χ1v) is 7.16. The minimum absolute atomic E-state index is 0.0871. The van der Waals surface area contributed by atoms with Crippen LogP contribution in [-0.4, -0.2) is 25.0 Å². The van der Waals surface area contributed by atoms with Crippen LogP contribution in [0, 0.1) is 25.7 Å². The van der Waals surface area contributed by atoms with Gasteiger partial charge in [0.05, 0.1) is 0 Å². The molecule has 1 aliphatic carbocycles. The minimum Gasteiger partial charge on any atom is -0.451 e. The van der Waals surface area contributed by atoms with Crippen molar-refractivity contribution < 1.29 is 9.21 Å². The van der Waals surface area contributed by atoms with Crippen molar-refractivity contribution >= 4 is 16.9 Å². The highest BCUT2D eigenvalue weighted by molar-refractivity contribution is 5.96. The molecule has 1 unspecified atom stereocenters. The van der Waals surface area contributed by atoms with Crippen molar-refractivity contribution in [1.29, 1.82) is 0 Å². The summed E-state index contributed by atoms with van der Waals surface area (Å²) in [5.41, 5.74) is 3.19. The van der Waals surface area contributed by atoms with Crippen LogP contribution in [0.1, 0.15) is 21.7 Å². The van der Waals surface area contributed by atoms with Gasteiger partial charge in [-0.05, 0) is 55.0 Å². The minimum atomic E-state index is -0.0871. The Balaban J connectivity index is 1.57. The number of rotatable bonds is 2. The van der Waals surface area contributed by atoms with Gasteiger partial charge in [-0.2, -0.15) is 0 Å². The lowest BCUT2D eigenvalue weighted by molar-refractivity contribution is 0.0921. The van der Waals surface area contributed by atoms with Gasteiger partial charge in [0, 0.05) is 24.5 Å². The summed E-state index contributed by atoms with van der Waals surface area (Å²) in [5.74, 6) is 1.57. The topological polar surface area (TPSA) is 54.3 Å². The predicted molar refractivity (Wildman–Crippen MR) is 76.8 cm³/mol. The average molecular weight is 270 g/mol. The van der Waals surface area contributed by atoms with Crippen molar-refractivity contribution in [2.75, 3.05) is 13.1 Å². The quantitative estimate of drug-likeness (QED) is 0.877. The maximum atomic E-state index is 12.2. The summed E-state index contributed by atoms with van der Waals surface area (Å²) < 4.78 is 5.69. The highest BCUT2D eigenvalue weighted by Crippen LogP contribution is 2.41. The van der Waals surface area contributed by atoms with Crippen LogP contribution in [0.15, 0.2) is 22.6 Å². The van der Waals surface area contributed by atoms with Crippen LogP contribution in [0.3, 0.4) is 0 Å². The van der Waals surface area contributed by atoms with Crippen molar-refractivity contribution in [2.45, 2.75) is 19.9 Å². The molecule has 4 nitrogen and oxygen atoms in total. The summed E-state index contributed by atoms with van der Waals surface area (Å²) >= 11 is 0. The molecule has 2 aromatic rings. The van der Waals surface area contributed by atoms with Crippen molar-refractivity contribution in [3.63, 3.8) is 0 Å². The molecular formula is C16H18N2O2. The Labute approximate surface area is 117 Å². The Kier molecular flexibility index (Phi) is 2.45. The van der Waals surface area contributed by atoms with Crippen LogP contribution in [-0.2, 0) is 0 Å². The molecule has 1 aliphatic heterocycles. The number of hydrogen-bond acceptors (Lipinski definition) is 3. The summed E-state index contributed by atoms with van der Waals surface area (Å²) in [7, 11) is 0. The van der Waals surface area contributed by atoms with Gasteiger partial charge >= 0.3 is 0 Å². The predicted octanol–water partition coefficient (Wildman–Crippen LogP) is 2.00. The molecule has 2 N–H and O–H groups in total. The molecule has 1 aromatic carbocycles. The first-order chi connectivity index (χ1) is 9.63. The summed E-state index contributed by atoms with van der Waals surface area (Å²) in [6.07, 6.45) is 0. The van der Waals surface area contributed by atoms with E-state index < -0.39 is 0 Å². The van der Waals surface area contributed by atoms with E-state index >= 15 is 0 Å². The lowest BCUT2D eigenvalue weighted by Gasteiger charge is -2.05. The van der Waals surface area contributed by atoms with E-state index in [0.29, 0.717) is 23.6 Å². The number of furan rings is 1. The molecule has 2 heterocycles. The average Bonchev–Trinajstić information content (AvgIpc) is 2.84. The van der Waals surface area contributed by atoms with Crippen molar-refractivity contribution in [3.8, 4) is 0 Å². The molecule has 104 valence electrons. The largest absolute Gasteiger partial charge is 0.451 e. The van der Waals surface area contributed by atoms with E-state index in [9.17, 15) is 4.79 Å². The molecule has 20 heavy (non-hydrogen) atoms. The summed E-state index contributed by atoms with van der Waals surface area (Å²) in [5, 5.41) is 7.41. The Morgan fingerprint density at radius 2 is 1.90 bits per heavy atom. The maximum Gasteiger partial charge on any atom is 0.287 e. The molecule has 3 atom stereocenters. The molecule has 1 saturated heterocycles. The molecule has 2 aliphatic rings. The summed E-state index contributed by atoms with van der Waals surface area (Å²) in [6.45, 7) is 6.16. The molecule has 0 radical (unpaired) electrons. The van der Waals surface area contributed by atoms with Crippen LogP contribution < -0.4 is 10.6 Å². The van der Waals surface area contributed by atoms with Gasteiger partial charge < -0.3 is 15.1 Å². The number of aryl methyl sites for hydroxylation is 2. The SMILES string of the molecule is Cc1cc2cc(C(=O)NC3[C@H]4CNC[C@@H]34)oc2cc1C. The summed E-state index contributed by atoms with van der Waals surface area (Å²) in [4.78, 5) is 12.2. The van der Waals surface area contributed by atoms with Crippen LogP contribution >= 0.6 is 0 Å². The molecule has 4 heteroatoms. The third kappa shape index (κ3) is 1.75. The first kappa shape index (κ1) is 12.0. The number of carbonyl (C=O) groups is 1. The third-order valence-electron chi connectivity index (χ3n) is 4.75. The van der Waals surface area contributed by atoms with Crippen molar-refractivity contribution in [1.82, 2.24) is 10.6 Å². The maximum absolute atomic E-state index is 12.2. The van der Waals surface area contributed by atoms with Crippen LogP contribution in [0.2, 0.25) is 0 Å². The third-order valence-corrected chi connectivity index (χ3v) is 4.75. The van der Waals surface area contributed by atoms with E-state index in [2.05, 4.69) is 30.5 Å². The number of nitrogens with one attached hydrogen (secondary N) is 2. The van der Waals surface area contributed by atoms with E-state index in [-0.39, 0.29) is 5.91 Å². The zero-order chi connectivity index (χ0) is 13.9. The van der Waals surface area contributed by atoms with Crippen LogP contribution in [0.5, 0.6) is 0 Å². The number of amides is 1. The second kappa shape index (κ2) is 4.09. The number of carbonyl (C=O) groups excluding carboxylic acids is 1. The molecule has 1 amide bonds. The van der Waals surface area contributed by atoms with E-state index in [1.165, 1.54) is 11.1 Å². The molecule has 1 saturated carbocycles. The van der Waals surface area contributed by atoms with Gasteiger partial charge in [-0.15, -0.1) is 0 Å². The zero-order valence-corrected chi connectivity index (χ0v) is 11.7. The van der Waals surface area contributed by atoms with Gasteiger partial charge in [-0.1, -0.05) is 0 Å². The number of hydrogen-bond donors (Lipinski definition) is 2. The van der Waals surface area contributed by atoms with E-state index in [1.54, 1.807) is 0 Å². The first-order valence-electron chi connectivity index (χ1n) is 7.16. The van der Waals surface area contributed by atoms with E-state index in [0.717, 1.165) is 24.1 Å². The van der Waals surface area contributed by atoms with Gasteiger partial charge in [-0.3, -0.25) is 4.79 Å². The standard InChI is InChI=1S/C16H18N2O2/c1-8-3-10-5-14(20-13(10)4-9(8)2)16(19)18-15-11-6-17-7-12(11)15/h3-5,11-12,15,17H,6-7H2,1-2H3,(H,18,19)/t11-,12+,15?. The number of fused-ring (bicyclic) bond motifs is 2. The molecule has 0 bridgehead atoms. The molecule has 4 rings (SSSR count). The monoisotopic (exact) mass is 270 g/mol. The summed E-state index contributed by atoms with van der Waals surface area (Å²) in [6, 6.07) is 6.24. The fourth-order valence-electron chi connectivity index (χ4n) is 3.27. The highest BCUT2D eigenvalue weighted by atomic mass is 16.3. The van der Waals surface area contributed by atoms with Crippen molar-refractivity contribution in [2.24, 2.45) is 11.8 Å². The second-order valence-corrected chi connectivity index (χ2v) is 6.07. The van der Waals surface area contributed by atoms with Gasteiger partial charge in [0.1, 0.15) is 5.58 Å². The smallest absolute Gasteiger partial charge is 0.287 e. The molecular weight excluding hydrogens is 252 g/mol. The van der Waals surface area contributed by atoms with Crippen LogP contribution in [0.25, 0.3) is 11.0 Å².